The number of imidazole rings is 1. The molecule has 0 fully saturated rings. The van der Waals surface area contributed by atoms with E-state index in [9.17, 15) is 24.3 Å². The quantitative estimate of drug-likeness (QED) is 0.276. The maximum atomic E-state index is 12.4. The summed E-state index contributed by atoms with van der Waals surface area (Å²) < 4.78 is 0. The van der Waals surface area contributed by atoms with Gasteiger partial charge in [0, 0.05) is 19.0 Å². The molecule has 7 N–H and O–H groups in total. The lowest BCUT2D eigenvalue weighted by Gasteiger charge is -2.24. The van der Waals surface area contributed by atoms with Crippen molar-refractivity contribution in [2.75, 3.05) is 0 Å². The Labute approximate surface area is 155 Å². The monoisotopic (exact) mass is 383 g/mol. The topological polar surface area (TPSA) is 187 Å². The van der Waals surface area contributed by atoms with Crippen molar-refractivity contribution in [1.82, 2.24) is 20.6 Å². The summed E-state index contributed by atoms with van der Waals surface area (Å²) in [5, 5.41) is 22.7. The largest absolute Gasteiger partial charge is 0.481 e. The molecule has 0 saturated carbocycles. The predicted molar refractivity (Wildman–Crippen MR) is 93.5 cm³/mol. The molecule has 1 aromatic rings. The molecule has 1 aromatic heterocycles. The van der Waals surface area contributed by atoms with E-state index in [2.05, 4.69) is 20.6 Å². The van der Waals surface area contributed by atoms with E-state index in [0.29, 0.717) is 5.69 Å². The number of nitrogens with two attached hydrogens (primary N) is 1. The highest BCUT2D eigenvalue weighted by Crippen LogP contribution is 2.06. The molecule has 0 aliphatic heterocycles. The van der Waals surface area contributed by atoms with Crippen LogP contribution in [0.15, 0.2) is 12.5 Å². The van der Waals surface area contributed by atoms with Crippen LogP contribution in [0.3, 0.4) is 0 Å². The van der Waals surface area contributed by atoms with Crippen LogP contribution in [0, 0.1) is 5.92 Å². The standard InChI is InChI=1S/C16H25N5O6/c1-8(2)13(16(26)27)21-15(25)11(3-4-12(22)23)20-14(24)10(17)5-9-6-18-7-19-9/h6-8,10-11,13H,3-5,17H2,1-2H3,(H,18,19)(H,20,24)(H,21,25)(H,22,23)(H,26,27)/t10-,11-,13+/m1/s1. The van der Waals surface area contributed by atoms with Gasteiger partial charge in [-0.1, -0.05) is 13.8 Å². The number of amides is 2. The minimum Gasteiger partial charge on any atom is -0.481 e. The van der Waals surface area contributed by atoms with Gasteiger partial charge in [0.2, 0.25) is 11.8 Å². The highest BCUT2D eigenvalue weighted by molar-refractivity contribution is 5.92. The first-order chi connectivity index (χ1) is 12.6. The van der Waals surface area contributed by atoms with Crippen LogP contribution in [0.2, 0.25) is 0 Å². The van der Waals surface area contributed by atoms with Crippen molar-refractivity contribution in [3.63, 3.8) is 0 Å². The summed E-state index contributed by atoms with van der Waals surface area (Å²) in [6.45, 7) is 3.23. The first-order valence-corrected chi connectivity index (χ1v) is 8.40. The summed E-state index contributed by atoms with van der Waals surface area (Å²) in [5.41, 5.74) is 6.35. The summed E-state index contributed by atoms with van der Waals surface area (Å²) in [6.07, 6.45) is 2.54. The molecule has 11 heteroatoms. The van der Waals surface area contributed by atoms with Crippen molar-refractivity contribution in [2.45, 2.75) is 51.2 Å². The van der Waals surface area contributed by atoms with Gasteiger partial charge >= 0.3 is 11.9 Å². The number of aromatic amines is 1. The Morgan fingerprint density at radius 2 is 1.85 bits per heavy atom. The zero-order chi connectivity index (χ0) is 20.6. The van der Waals surface area contributed by atoms with Crippen molar-refractivity contribution in [2.24, 2.45) is 11.7 Å². The van der Waals surface area contributed by atoms with Crippen LogP contribution < -0.4 is 16.4 Å². The van der Waals surface area contributed by atoms with E-state index in [0.717, 1.165) is 0 Å². The Kier molecular flexibility index (Phi) is 8.39. The summed E-state index contributed by atoms with van der Waals surface area (Å²) in [6, 6.07) is -3.40. The van der Waals surface area contributed by atoms with Crippen molar-refractivity contribution < 1.29 is 29.4 Å². The van der Waals surface area contributed by atoms with Gasteiger partial charge in [-0.2, -0.15) is 0 Å². The third-order valence-corrected chi connectivity index (χ3v) is 3.83. The van der Waals surface area contributed by atoms with Crippen LogP contribution >= 0.6 is 0 Å². The molecule has 0 aliphatic carbocycles. The summed E-state index contributed by atoms with van der Waals surface area (Å²) in [5.74, 6) is -4.22. The number of nitrogens with zero attached hydrogens (tertiary/aromatic N) is 1. The smallest absolute Gasteiger partial charge is 0.326 e. The van der Waals surface area contributed by atoms with Crippen LogP contribution in [0.5, 0.6) is 0 Å². The molecule has 150 valence electrons. The van der Waals surface area contributed by atoms with E-state index in [1.54, 1.807) is 20.0 Å². The van der Waals surface area contributed by atoms with E-state index >= 15 is 0 Å². The number of rotatable bonds is 11. The number of H-pyrrole nitrogens is 1. The number of nitrogens with one attached hydrogen (secondary N) is 3. The maximum absolute atomic E-state index is 12.4. The van der Waals surface area contributed by atoms with Crippen LogP contribution in [-0.4, -0.2) is 62.1 Å². The van der Waals surface area contributed by atoms with Crippen LogP contribution in [-0.2, 0) is 25.6 Å². The normalized spacial score (nSPS) is 14.2. The third-order valence-electron chi connectivity index (χ3n) is 3.83. The van der Waals surface area contributed by atoms with Crippen molar-refractivity contribution in [3.05, 3.63) is 18.2 Å². The van der Waals surface area contributed by atoms with Crippen molar-refractivity contribution in [3.8, 4) is 0 Å². The average molecular weight is 383 g/mol. The maximum Gasteiger partial charge on any atom is 0.326 e. The zero-order valence-corrected chi connectivity index (χ0v) is 15.1. The number of carbonyl (C=O) groups excluding carboxylic acids is 2. The number of carboxylic acids is 2. The highest BCUT2D eigenvalue weighted by atomic mass is 16.4. The van der Waals surface area contributed by atoms with Crippen LogP contribution in [0.1, 0.15) is 32.4 Å². The van der Waals surface area contributed by atoms with Gasteiger partial charge in [0.25, 0.3) is 0 Å². The first-order valence-electron chi connectivity index (χ1n) is 8.40. The molecule has 0 radical (unpaired) electrons. The fourth-order valence-electron chi connectivity index (χ4n) is 2.30. The Hall–Kier alpha value is -2.95. The van der Waals surface area contributed by atoms with Crippen LogP contribution in [0.25, 0.3) is 0 Å². The van der Waals surface area contributed by atoms with Gasteiger partial charge in [0.15, 0.2) is 0 Å². The van der Waals surface area contributed by atoms with Gasteiger partial charge in [-0.05, 0) is 12.3 Å². The molecular weight excluding hydrogens is 358 g/mol. The van der Waals surface area contributed by atoms with Gasteiger partial charge in [-0.25, -0.2) is 9.78 Å². The lowest BCUT2D eigenvalue weighted by atomic mass is 10.0. The Morgan fingerprint density at radius 3 is 2.33 bits per heavy atom. The number of aromatic nitrogens is 2. The molecule has 0 unspecified atom stereocenters. The van der Waals surface area contributed by atoms with E-state index < -0.39 is 47.8 Å². The second kappa shape index (κ2) is 10.3. The molecule has 0 bridgehead atoms. The van der Waals surface area contributed by atoms with Gasteiger partial charge in [0.05, 0.1) is 18.1 Å². The summed E-state index contributed by atoms with van der Waals surface area (Å²) >= 11 is 0. The Balaban J connectivity index is 2.79. The van der Waals surface area contributed by atoms with E-state index in [1.165, 1.54) is 6.33 Å². The molecule has 3 atom stereocenters. The predicted octanol–water partition coefficient (Wildman–Crippen LogP) is -1.15. The van der Waals surface area contributed by atoms with Crippen molar-refractivity contribution >= 4 is 23.8 Å². The third kappa shape index (κ3) is 7.44. The highest BCUT2D eigenvalue weighted by Gasteiger charge is 2.29. The molecule has 11 nitrogen and oxygen atoms in total. The number of carbonyl (C=O) groups is 4. The fraction of sp³-hybridized carbons (Fsp3) is 0.562. The SMILES string of the molecule is CC(C)[C@H](NC(=O)[C@@H](CCC(=O)O)NC(=O)[C@H](N)Cc1c[nH]cn1)C(=O)O. The molecule has 0 saturated heterocycles. The Bertz CT molecular complexity index is 660. The Morgan fingerprint density at radius 1 is 1.19 bits per heavy atom. The van der Waals surface area contributed by atoms with Crippen molar-refractivity contribution in [1.29, 1.82) is 0 Å². The average Bonchev–Trinajstić information content (AvgIpc) is 3.07. The fourth-order valence-corrected chi connectivity index (χ4v) is 2.30. The lowest BCUT2D eigenvalue weighted by molar-refractivity contribution is -0.144. The number of carboxylic acid groups (broad SMARTS) is 2. The first kappa shape index (κ1) is 22.1. The molecule has 0 spiro atoms. The van der Waals surface area contributed by atoms with Gasteiger partial charge in [-0.15, -0.1) is 0 Å². The van der Waals surface area contributed by atoms with E-state index in [1.807, 2.05) is 0 Å². The molecule has 27 heavy (non-hydrogen) atoms. The molecule has 1 rings (SSSR count). The second-order valence-electron chi connectivity index (χ2n) is 6.43. The zero-order valence-electron chi connectivity index (χ0n) is 15.1. The molecule has 0 aromatic carbocycles. The summed E-state index contributed by atoms with van der Waals surface area (Å²) in [7, 11) is 0. The molecule has 0 aliphatic rings. The minimum atomic E-state index is -1.23. The number of hydrogen-bond acceptors (Lipinski definition) is 6. The number of hydrogen-bond donors (Lipinski definition) is 6. The lowest BCUT2D eigenvalue weighted by Crippen LogP contribution is -2.55. The van der Waals surface area contributed by atoms with Gasteiger partial charge in [0.1, 0.15) is 12.1 Å². The second-order valence-corrected chi connectivity index (χ2v) is 6.43. The van der Waals surface area contributed by atoms with Gasteiger partial charge < -0.3 is 31.6 Å². The van der Waals surface area contributed by atoms with Gasteiger partial charge in [-0.3, -0.25) is 14.4 Å². The molecule has 2 amide bonds. The molecular formula is C16H25N5O6. The molecule has 1 heterocycles. The van der Waals surface area contributed by atoms with E-state index in [-0.39, 0.29) is 19.3 Å². The summed E-state index contributed by atoms with van der Waals surface area (Å²) in [4.78, 5) is 53.4. The minimum absolute atomic E-state index is 0.117. The number of aliphatic carboxylic acids is 2. The van der Waals surface area contributed by atoms with E-state index in [4.69, 9.17) is 10.8 Å². The van der Waals surface area contributed by atoms with Crippen LogP contribution in [0.4, 0.5) is 0 Å².